The standard InChI is InChI=1S/C10H17NO3/c1-13-10-3-2-9(6-10,14-8-10)7-11-4-5-12/h5,11H,2-4,6-8H2,1H3. The maximum atomic E-state index is 10.2. The van der Waals surface area contributed by atoms with E-state index in [1.165, 1.54) is 0 Å². The molecule has 2 aliphatic rings. The topological polar surface area (TPSA) is 47.6 Å². The number of carbonyl (C=O) groups is 1. The number of methoxy groups -OCH3 is 1. The van der Waals surface area contributed by atoms with Crippen LogP contribution in [0.25, 0.3) is 0 Å². The maximum Gasteiger partial charge on any atom is 0.133 e. The lowest BCUT2D eigenvalue weighted by molar-refractivity contribution is -0.107. The van der Waals surface area contributed by atoms with Crippen LogP contribution in [-0.2, 0) is 14.3 Å². The average Bonchev–Trinajstić information content (AvgIpc) is 2.75. The fourth-order valence-electron chi connectivity index (χ4n) is 2.54. The highest BCUT2D eigenvalue weighted by Crippen LogP contribution is 2.48. The van der Waals surface area contributed by atoms with E-state index in [2.05, 4.69) is 5.32 Å². The van der Waals surface area contributed by atoms with Crippen molar-refractivity contribution in [1.82, 2.24) is 5.32 Å². The Labute approximate surface area is 84.0 Å². The Bertz CT molecular complexity index is 221. The second-order valence-electron chi connectivity index (χ2n) is 4.33. The molecule has 2 atom stereocenters. The molecule has 0 aromatic carbocycles. The molecule has 2 rings (SSSR count). The fraction of sp³-hybridized carbons (Fsp3) is 0.900. The number of fused-ring (bicyclic) bond motifs is 2. The monoisotopic (exact) mass is 199 g/mol. The number of rotatable bonds is 5. The van der Waals surface area contributed by atoms with Crippen molar-refractivity contribution in [2.24, 2.45) is 0 Å². The molecule has 1 heterocycles. The molecule has 2 fully saturated rings. The smallest absolute Gasteiger partial charge is 0.133 e. The number of ether oxygens (including phenoxy) is 2. The molecule has 1 aliphatic heterocycles. The molecule has 14 heavy (non-hydrogen) atoms. The summed E-state index contributed by atoms with van der Waals surface area (Å²) < 4.78 is 11.3. The summed E-state index contributed by atoms with van der Waals surface area (Å²) in [4.78, 5) is 10.2. The first-order valence-electron chi connectivity index (χ1n) is 5.08. The molecule has 2 unspecified atom stereocenters. The molecule has 1 saturated heterocycles. The van der Waals surface area contributed by atoms with Crippen molar-refractivity contribution in [2.45, 2.75) is 30.5 Å². The van der Waals surface area contributed by atoms with E-state index in [0.717, 1.165) is 32.1 Å². The number of hydrogen-bond donors (Lipinski definition) is 1. The summed E-state index contributed by atoms with van der Waals surface area (Å²) in [6, 6.07) is 0. The zero-order valence-corrected chi connectivity index (χ0v) is 8.54. The van der Waals surface area contributed by atoms with Crippen molar-refractivity contribution in [3.63, 3.8) is 0 Å². The molecule has 0 radical (unpaired) electrons. The van der Waals surface area contributed by atoms with E-state index >= 15 is 0 Å². The van der Waals surface area contributed by atoms with Gasteiger partial charge in [-0.2, -0.15) is 0 Å². The Morgan fingerprint density at radius 3 is 2.93 bits per heavy atom. The van der Waals surface area contributed by atoms with E-state index in [-0.39, 0.29) is 11.2 Å². The van der Waals surface area contributed by atoms with Crippen LogP contribution in [0.15, 0.2) is 0 Å². The van der Waals surface area contributed by atoms with E-state index in [4.69, 9.17) is 9.47 Å². The summed E-state index contributed by atoms with van der Waals surface area (Å²) in [5, 5.41) is 3.09. The Morgan fingerprint density at radius 1 is 1.57 bits per heavy atom. The minimum Gasteiger partial charge on any atom is -0.376 e. The third kappa shape index (κ3) is 1.58. The quantitative estimate of drug-likeness (QED) is 0.504. The van der Waals surface area contributed by atoms with Gasteiger partial charge in [0.15, 0.2) is 0 Å². The third-order valence-electron chi connectivity index (χ3n) is 3.43. The van der Waals surface area contributed by atoms with Crippen LogP contribution in [0.5, 0.6) is 0 Å². The fourth-order valence-corrected chi connectivity index (χ4v) is 2.54. The molecule has 0 amide bonds. The Kier molecular flexibility index (Phi) is 2.60. The van der Waals surface area contributed by atoms with E-state index in [0.29, 0.717) is 13.2 Å². The van der Waals surface area contributed by atoms with Gasteiger partial charge in [-0.1, -0.05) is 0 Å². The minimum absolute atomic E-state index is 0.0388. The van der Waals surface area contributed by atoms with Gasteiger partial charge in [0, 0.05) is 20.1 Å². The molecule has 1 N–H and O–H groups in total. The highest BCUT2D eigenvalue weighted by atomic mass is 16.6. The van der Waals surface area contributed by atoms with Crippen molar-refractivity contribution < 1.29 is 14.3 Å². The van der Waals surface area contributed by atoms with Gasteiger partial charge in [0.2, 0.25) is 0 Å². The van der Waals surface area contributed by atoms with E-state index in [1.807, 2.05) is 0 Å². The first-order valence-corrected chi connectivity index (χ1v) is 5.08. The van der Waals surface area contributed by atoms with E-state index < -0.39 is 0 Å². The van der Waals surface area contributed by atoms with Crippen molar-refractivity contribution in [3.05, 3.63) is 0 Å². The van der Waals surface area contributed by atoms with Crippen LogP contribution in [0.1, 0.15) is 19.3 Å². The lowest BCUT2D eigenvalue weighted by Crippen LogP contribution is -2.39. The summed E-state index contributed by atoms with van der Waals surface area (Å²) in [6.45, 7) is 1.87. The third-order valence-corrected chi connectivity index (χ3v) is 3.43. The molecule has 4 heteroatoms. The van der Waals surface area contributed by atoms with Crippen LogP contribution in [-0.4, -0.2) is 44.3 Å². The average molecular weight is 199 g/mol. The first-order chi connectivity index (χ1) is 6.74. The summed E-state index contributed by atoms with van der Waals surface area (Å²) in [5.41, 5.74) is -0.109. The van der Waals surface area contributed by atoms with Gasteiger partial charge in [0.05, 0.1) is 24.4 Å². The van der Waals surface area contributed by atoms with Crippen LogP contribution < -0.4 is 5.32 Å². The predicted octanol–water partition coefficient (Wildman–Crippen LogP) is 0.113. The van der Waals surface area contributed by atoms with Crippen LogP contribution in [0.4, 0.5) is 0 Å². The molecule has 2 bridgehead atoms. The Morgan fingerprint density at radius 2 is 2.43 bits per heavy atom. The molecule has 0 spiro atoms. The van der Waals surface area contributed by atoms with E-state index in [9.17, 15) is 4.79 Å². The Hall–Kier alpha value is -0.450. The summed E-state index contributed by atoms with van der Waals surface area (Å²) >= 11 is 0. The number of nitrogens with one attached hydrogen (secondary N) is 1. The normalized spacial score (nSPS) is 40.4. The first kappa shape index (κ1) is 10.1. The second-order valence-corrected chi connectivity index (χ2v) is 4.33. The number of aldehydes is 1. The summed E-state index contributed by atoms with van der Waals surface area (Å²) in [6.07, 6.45) is 3.95. The molecule has 0 aromatic rings. The number of carbonyl (C=O) groups excluding carboxylic acids is 1. The van der Waals surface area contributed by atoms with Crippen molar-refractivity contribution >= 4 is 6.29 Å². The van der Waals surface area contributed by atoms with Gasteiger partial charge in [-0.05, 0) is 12.8 Å². The Balaban J connectivity index is 1.90. The molecular weight excluding hydrogens is 182 g/mol. The van der Waals surface area contributed by atoms with Crippen molar-refractivity contribution in [3.8, 4) is 0 Å². The predicted molar refractivity (Wildman–Crippen MR) is 51.2 cm³/mol. The summed E-state index contributed by atoms with van der Waals surface area (Å²) in [7, 11) is 1.75. The van der Waals surface area contributed by atoms with Crippen LogP contribution in [0, 0.1) is 0 Å². The molecule has 80 valence electrons. The van der Waals surface area contributed by atoms with Gasteiger partial charge in [0.1, 0.15) is 6.29 Å². The highest BCUT2D eigenvalue weighted by Gasteiger charge is 2.55. The molecule has 1 aliphatic carbocycles. The van der Waals surface area contributed by atoms with Crippen molar-refractivity contribution in [1.29, 1.82) is 0 Å². The molecular formula is C10H17NO3. The van der Waals surface area contributed by atoms with Crippen molar-refractivity contribution in [2.75, 3.05) is 26.8 Å². The van der Waals surface area contributed by atoms with Gasteiger partial charge < -0.3 is 19.6 Å². The SMILES string of the molecule is COC12CCC(CNCC=O)(C1)OC2. The number of hydrogen-bond acceptors (Lipinski definition) is 4. The molecule has 0 aromatic heterocycles. The van der Waals surface area contributed by atoms with Gasteiger partial charge >= 0.3 is 0 Å². The van der Waals surface area contributed by atoms with Gasteiger partial charge in [0.25, 0.3) is 0 Å². The lowest BCUT2D eigenvalue weighted by Gasteiger charge is -2.27. The van der Waals surface area contributed by atoms with Gasteiger partial charge in [-0.3, -0.25) is 0 Å². The van der Waals surface area contributed by atoms with E-state index in [1.54, 1.807) is 7.11 Å². The maximum absolute atomic E-state index is 10.2. The van der Waals surface area contributed by atoms with Crippen LogP contribution in [0.3, 0.4) is 0 Å². The highest BCUT2D eigenvalue weighted by molar-refractivity contribution is 5.51. The summed E-state index contributed by atoms with van der Waals surface area (Å²) in [5.74, 6) is 0. The molecule has 4 nitrogen and oxygen atoms in total. The second kappa shape index (κ2) is 3.61. The molecule has 1 saturated carbocycles. The zero-order chi connectivity index (χ0) is 10.1. The lowest BCUT2D eigenvalue weighted by atomic mass is 10.0. The minimum atomic E-state index is -0.0704. The van der Waals surface area contributed by atoms with Crippen LogP contribution >= 0.6 is 0 Å². The van der Waals surface area contributed by atoms with Gasteiger partial charge in [-0.15, -0.1) is 0 Å². The zero-order valence-electron chi connectivity index (χ0n) is 8.54. The van der Waals surface area contributed by atoms with Gasteiger partial charge in [-0.25, -0.2) is 0 Å². The van der Waals surface area contributed by atoms with Crippen LogP contribution in [0.2, 0.25) is 0 Å². The largest absolute Gasteiger partial charge is 0.376 e.